The second-order valence-corrected chi connectivity index (χ2v) is 5.31. The summed E-state index contributed by atoms with van der Waals surface area (Å²) in [5, 5.41) is 3.40. The van der Waals surface area contributed by atoms with Gasteiger partial charge in [0.2, 0.25) is 0 Å². The van der Waals surface area contributed by atoms with E-state index in [1.165, 1.54) is 64.7 Å². The van der Waals surface area contributed by atoms with Gasteiger partial charge in [-0.15, -0.1) is 0 Å². The second-order valence-electron chi connectivity index (χ2n) is 5.31. The molecule has 2 heteroatoms. The van der Waals surface area contributed by atoms with E-state index in [0.717, 1.165) is 12.0 Å². The van der Waals surface area contributed by atoms with Crippen LogP contribution in [0.2, 0.25) is 0 Å². The van der Waals surface area contributed by atoms with Crippen LogP contribution in [-0.4, -0.2) is 37.1 Å². The van der Waals surface area contributed by atoms with E-state index in [1.54, 1.807) is 0 Å². The number of rotatable bonds is 5. The van der Waals surface area contributed by atoms with Crippen molar-refractivity contribution < 1.29 is 0 Å². The van der Waals surface area contributed by atoms with Crippen LogP contribution in [0.1, 0.15) is 45.4 Å². The summed E-state index contributed by atoms with van der Waals surface area (Å²) in [5.74, 6) is 1.01. The Kier molecular flexibility index (Phi) is 4.45. The number of hydrogen-bond acceptors (Lipinski definition) is 2. The van der Waals surface area contributed by atoms with Crippen LogP contribution in [0.3, 0.4) is 0 Å². The van der Waals surface area contributed by atoms with Crippen LogP contribution in [0.4, 0.5) is 0 Å². The second kappa shape index (κ2) is 5.86. The molecule has 1 aliphatic carbocycles. The lowest BCUT2D eigenvalue weighted by Crippen LogP contribution is -2.58. The van der Waals surface area contributed by atoms with Crippen molar-refractivity contribution in [2.24, 2.45) is 5.92 Å². The maximum atomic E-state index is 3.40. The molecule has 88 valence electrons. The minimum Gasteiger partial charge on any atom is -0.314 e. The molecule has 2 rings (SSSR count). The molecule has 2 fully saturated rings. The van der Waals surface area contributed by atoms with Crippen molar-refractivity contribution in [3.63, 3.8) is 0 Å². The highest BCUT2D eigenvalue weighted by Gasteiger charge is 2.26. The maximum Gasteiger partial charge on any atom is 0.0345 e. The molecule has 0 spiro atoms. The summed E-state index contributed by atoms with van der Waals surface area (Å²) in [5.41, 5.74) is 0. The zero-order valence-corrected chi connectivity index (χ0v) is 10.2. The normalized spacial score (nSPS) is 24.4. The van der Waals surface area contributed by atoms with Gasteiger partial charge in [0.15, 0.2) is 0 Å². The molecule has 2 nitrogen and oxygen atoms in total. The summed E-state index contributed by atoms with van der Waals surface area (Å²) in [4.78, 5) is 2.74. The van der Waals surface area contributed by atoms with E-state index in [4.69, 9.17) is 0 Å². The van der Waals surface area contributed by atoms with Gasteiger partial charge in [0.25, 0.3) is 0 Å². The molecule has 0 atom stereocenters. The topological polar surface area (TPSA) is 15.3 Å². The fourth-order valence-corrected chi connectivity index (χ4v) is 2.94. The van der Waals surface area contributed by atoms with Gasteiger partial charge in [-0.05, 0) is 31.7 Å². The largest absolute Gasteiger partial charge is 0.314 e. The zero-order valence-electron chi connectivity index (χ0n) is 10.2. The highest BCUT2D eigenvalue weighted by atomic mass is 15.2. The Balaban J connectivity index is 1.76. The number of hydrogen-bond donors (Lipinski definition) is 1. The monoisotopic (exact) mass is 210 g/mol. The summed E-state index contributed by atoms with van der Waals surface area (Å²) >= 11 is 0. The van der Waals surface area contributed by atoms with Crippen LogP contribution in [0.25, 0.3) is 0 Å². The Labute approximate surface area is 94.4 Å². The van der Waals surface area contributed by atoms with E-state index in [-0.39, 0.29) is 0 Å². The molecule has 1 N–H and O–H groups in total. The van der Waals surface area contributed by atoms with Gasteiger partial charge in [-0.3, -0.25) is 4.90 Å². The standard InChI is InChI=1S/C13H26N2/c1-2-8-15(13-9-14-10-13)11-12-6-4-3-5-7-12/h12-14H,2-11H2,1H3. The van der Waals surface area contributed by atoms with Gasteiger partial charge in [0.05, 0.1) is 0 Å². The highest BCUT2D eigenvalue weighted by molar-refractivity contribution is 4.85. The summed E-state index contributed by atoms with van der Waals surface area (Å²) in [6.07, 6.45) is 8.72. The van der Waals surface area contributed by atoms with Gasteiger partial charge in [-0.2, -0.15) is 0 Å². The molecule has 0 aromatic rings. The van der Waals surface area contributed by atoms with Gasteiger partial charge < -0.3 is 5.32 Å². The van der Waals surface area contributed by atoms with E-state index < -0.39 is 0 Å². The smallest absolute Gasteiger partial charge is 0.0345 e. The molecule has 0 aromatic carbocycles. The third-order valence-electron chi connectivity index (χ3n) is 4.00. The Morgan fingerprint density at radius 1 is 1.13 bits per heavy atom. The molecule has 0 bridgehead atoms. The fourth-order valence-electron chi connectivity index (χ4n) is 2.94. The molecular weight excluding hydrogens is 184 g/mol. The Morgan fingerprint density at radius 3 is 2.40 bits per heavy atom. The SMILES string of the molecule is CCCN(CC1CCCCC1)C1CNC1. The van der Waals surface area contributed by atoms with Gasteiger partial charge in [-0.1, -0.05) is 26.2 Å². The minimum atomic E-state index is 0.854. The van der Waals surface area contributed by atoms with Gasteiger partial charge in [-0.25, -0.2) is 0 Å². The van der Waals surface area contributed by atoms with E-state index in [0.29, 0.717) is 0 Å². The predicted molar refractivity (Wildman–Crippen MR) is 65.1 cm³/mol. The number of nitrogens with one attached hydrogen (secondary N) is 1. The molecule has 2 aliphatic rings. The average Bonchev–Trinajstić information content (AvgIpc) is 2.17. The van der Waals surface area contributed by atoms with Crippen molar-refractivity contribution in [3.05, 3.63) is 0 Å². The van der Waals surface area contributed by atoms with Crippen molar-refractivity contribution >= 4 is 0 Å². The van der Waals surface area contributed by atoms with Crippen LogP contribution < -0.4 is 5.32 Å². The quantitative estimate of drug-likeness (QED) is 0.749. The van der Waals surface area contributed by atoms with E-state index in [2.05, 4.69) is 17.1 Å². The first-order chi connectivity index (χ1) is 7.40. The summed E-state index contributed by atoms with van der Waals surface area (Å²) in [6, 6.07) is 0.854. The lowest BCUT2D eigenvalue weighted by atomic mass is 9.88. The van der Waals surface area contributed by atoms with Crippen LogP contribution >= 0.6 is 0 Å². The Bertz CT molecular complexity index is 171. The van der Waals surface area contributed by atoms with E-state index >= 15 is 0 Å². The predicted octanol–water partition coefficient (Wildman–Crippen LogP) is 2.25. The Morgan fingerprint density at radius 2 is 1.87 bits per heavy atom. The average molecular weight is 210 g/mol. The first kappa shape index (κ1) is 11.4. The molecule has 1 saturated heterocycles. The van der Waals surface area contributed by atoms with Gasteiger partial charge in [0.1, 0.15) is 0 Å². The molecule has 0 unspecified atom stereocenters. The molecule has 0 amide bonds. The fraction of sp³-hybridized carbons (Fsp3) is 1.00. The molecule has 1 aliphatic heterocycles. The summed E-state index contributed by atoms with van der Waals surface area (Å²) < 4.78 is 0. The van der Waals surface area contributed by atoms with Crippen molar-refractivity contribution in [2.75, 3.05) is 26.2 Å². The van der Waals surface area contributed by atoms with Crippen molar-refractivity contribution in [3.8, 4) is 0 Å². The lowest BCUT2D eigenvalue weighted by Gasteiger charge is -2.40. The Hall–Kier alpha value is -0.0800. The molecule has 1 heterocycles. The van der Waals surface area contributed by atoms with Crippen molar-refractivity contribution in [2.45, 2.75) is 51.5 Å². The van der Waals surface area contributed by atoms with Crippen molar-refractivity contribution in [1.82, 2.24) is 10.2 Å². The molecular formula is C13H26N2. The summed E-state index contributed by atoms with van der Waals surface area (Å²) in [7, 11) is 0. The molecule has 1 saturated carbocycles. The van der Waals surface area contributed by atoms with Crippen LogP contribution in [0.5, 0.6) is 0 Å². The maximum absolute atomic E-state index is 3.40. The first-order valence-corrected chi connectivity index (χ1v) is 6.85. The third-order valence-corrected chi connectivity index (χ3v) is 4.00. The van der Waals surface area contributed by atoms with E-state index in [1.807, 2.05) is 0 Å². The number of nitrogens with zero attached hydrogens (tertiary/aromatic N) is 1. The minimum absolute atomic E-state index is 0.854. The summed E-state index contributed by atoms with van der Waals surface area (Å²) in [6.45, 7) is 7.45. The van der Waals surface area contributed by atoms with Crippen LogP contribution in [-0.2, 0) is 0 Å². The van der Waals surface area contributed by atoms with Gasteiger partial charge >= 0.3 is 0 Å². The van der Waals surface area contributed by atoms with Crippen LogP contribution in [0.15, 0.2) is 0 Å². The van der Waals surface area contributed by atoms with Gasteiger partial charge in [0, 0.05) is 25.7 Å². The zero-order chi connectivity index (χ0) is 10.5. The third kappa shape index (κ3) is 3.18. The van der Waals surface area contributed by atoms with E-state index in [9.17, 15) is 0 Å². The molecule has 0 aromatic heterocycles. The molecule has 0 radical (unpaired) electrons. The highest BCUT2D eigenvalue weighted by Crippen LogP contribution is 2.25. The first-order valence-electron chi connectivity index (χ1n) is 6.85. The molecule has 15 heavy (non-hydrogen) atoms. The lowest BCUT2D eigenvalue weighted by molar-refractivity contribution is 0.112. The van der Waals surface area contributed by atoms with Crippen molar-refractivity contribution in [1.29, 1.82) is 0 Å². The van der Waals surface area contributed by atoms with Crippen LogP contribution in [0, 0.1) is 5.92 Å².